The van der Waals surface area contributed by atoms with E-state index in [1.54, 1.807) is 0 Å². The number of benzene rings is 1. The monoisotopic (exact) mass is 248 g/mol. The van der Waals surface area contributed by atoms with Crippen LogP contribution in [0.2, 0.25) is 0 Å². The Morgan fingerprint density at radius 2 is 2.17 bits per heavy atom. The summed E-state index contributed by atoms with van der Waals surface area (Å²) in [6.07, 6.45) is 0. The van der Waals surface area contributed by atoms with Gasteiger partial charge in [-0.25, -0.2) is 0 Å². The van der Waals surface area contributed by atoms with Crippen LogP contribution in [-0.4, -0.2) is 25.7 Å². The molecule has 0 saturated carbocycles. The lowest BCUT2D eigenvalue weighted by Gasteiger charge is -2.38. The van der Waals surface area contributed by atoms with Crippen molar-refractivity contribution >= 4 is 5.91 Å². The Hall–Kier alpha value is -1.39. The molecule has 1 aliphatic rings. The summed E-state index contributed by atoms with van der Waals surface area (Å²) in [6.45, 7) is 5.87. The Kier molecular flexibility index (Phi) is 3.68. The van der Waals surface area contributed by atoms with Gasteiger partial charge >= 0.3 is 0 Å². The molecule has 0 bridgehead atoms. The number of nitrogens with two attached hydrogens (primary N) is 1. The molecule has 1 amide bonds. The van der Waals surface area contributed by atoms with Crippen LogP contribution in [0.3, 0.4) is 0 Å². The number of rotatable bonds is 4. The van der Waals surface area contributed by atoms with E-state index in [1.807, 2.05) is 0 Å². The molecule has 0 atom stereocenters. The van der Waals surface area contributed by atoms with E-state index >= 15 is 0 Å². The van der Waals surface area contributed by atoms with Crippen molar-refractivity contribution in [2.75, 3.05) is 19.8 Å². The first-order valence-electron chi connectivity index (χ1n) is 6.20. The van der Waals surface area contributed by atoms with Crippen LogP contribution in [0.4, 0.5) is 0 Å². The Balaban J connectivity index is 1.97. The van der Waals surface area contributed by atoms with Gasteiger partial charge in [-0.05, 0) is 25.0 Å². The first-order valence-corrected chi connectivity index (χ1v) is 6.20. The van der Waals surface area contributed by atoms with Gasteiger partial charge < -0.3 is 15.8 Å². The third kappa shape index (κ3) is 2.40. The summed E-state index contributed by atoms with van der Waals surface area (Å²) in [5.74, 6) is -0.00350. The van der Waals surface area contributed by atoms with E-state index in [0.29, 0.717) is 26.3 Å². The molecule has 0 unspecified atom stereocenters. The molecule has 1 aliphatic heterocycles. The van der Waals surface area contributed by atoms with Crippen molar-refractivity contribution in [3.05, 3.63) is 34.9 Å². The molecule has 0 radical (unpaired) electrons. The van der Waals surface area contributed by atoms with Crippen LogP contribution in [-0.2, 0) is 16.1 Å². The fourth-order valence-corrected chi connectivity index (χ4v) is 2.10. The fourth-order valence-electron chi connectivity index (χ4n) is 2.10. The lowest BCUT2D eigenvalue weighted by atomic mass is 9.85. The minimum atomic E-state index is -0.501. The lowest BCUT2D eigenvalue weighted by Crippen LogP contribution is -2.58. The largest absolute Gasteiger partial charge is 0.379 e. The highest BCUT2D eigenvalue weighted by Gasteiger charge is 2.44. The summed E-state index contributed by atoms with van der Waals surface area (Å²) in [6, 6.07) is 6.23. The van der Waals surface area contributed by atoms with E-state index in [4.69, 9.17) is 10.5 Å². The maximum atomic E-state index is 12.1. The Morgan fingerprint density at radius 1 is 1.44 bits per heavy atom. The molecular formula is C14H20N2O2. The number of hydrogen-bond donors (Lipinski definition) is 2. The van der Waals surface area contributed by atoms with Gasteiger partial charge in [0.1, 0.15) is 5.41 Å². The first kappa shape index (κ1) is 13.1. The summed E-state index contributed by atoms with van der Waals surface area (Å²) in [5.41, 5.74) is 8.71. The average molecular weight is 248 g/mol. The first-order chi connectivity index (χ1) is 8.57. The molecule has 98 valence electrons. The molecule has 18 heavy (non-hydrogen) atoms. The molecule has 4 nitrogen and oxygen atoms in total. The van der Waals surface area contributed by atoms with E-state index in [1.165, 1.54) is 11.1 Å². The molecule has 2 rings (SSSR count). The number of aryl methyl sites for hydroxylation is 2. The van der Waals surface area contributed by atoms with Crippen molar-refractivity contribution in [3.63, 3.8) is 0 Å². The average Bonchev–Trinajstić information content (AvgIpc) is 2.27. The third-order valence-electron chi connectivity index (χ3n) is 3.57. The molecule has 3 N–H and O–H groups in total. The van der Waals surface area contributed by atoms with Crippen LogP contribution in [0.15, 0.2) is 18.2 Å². The fraction of sp³-hybridized carbons (Fsp3) is 0.500. The van der Waals surface area contributed by atoms with E-state index in [0.717, 1.165) is 5.56 Å². The Morgan fingerprint density at radius 3 is 2.67 bits per heavy atom. The zero-order chi connectivity index (χ0) is 13.2. The standard InChI is InChI=1S/C14H20N2O2/c1-10-3-4-12(11(2)5-10)6-16-13(17)14(7-15)8-18-9-14/h3-5H,6-9,15H2,1-2H3,(H,16,17). The molecule has 0 aliphatic carbocycles. The minimum absolute atomic E-state index is 0.00350. The van der Waals surface area contributed by atoms with Crippen molar-refractivity contribution in [2.45, 2.75) is 20.4 Å². The predicted molar refractivity (Wildman–Crippen MR) is 70.1 cm³/mol. The maximum absolute atomic E-state index is 12.1. The number of amides is 1. The van der Waals surface area contributed by atoms with E-state index in [-0.39, 0.29) is 5.91 Å². The van der Waals surface area contributed by atoms with Crippen LogP contribution < -0.4 is 11.1 Å². The molecule has 4 heteroatoms. The van der Waals surface area contributed by atoms with E-state index in [2.05, 4.69) is 37.4 Å². The third-order valence-corrected chi connectivity index (χ3v) is 3.57. The number of hydrogen-bond acceptors (Lipinski definition) is 3. The molecule has 0 aromatic heterocycles. The second kappa shape index (κ2) is 5.08. The topological polar surface area (TPSA) is 64.4 Å². The van der Waals surface area contributed by atoms with Crippen molar-refractivity contribution in [1.29, 1.82) is 0 Å². The van der Waals surface area contributed by atoms with Gasteiger partial charge in [-0.1, -0.05) is 23.8 Å². The van der Waals surface area contributed by atoms with Gasteiger partial charge in [0.15, 0.2) is 0 Å². The Bertz CT molecular complexity index is 448. The quantitative estimate of drug-likeness (QED) is 0.832. The van der Waals surface area contributed by atoms with E-state index in [9.17, 15) is 4.79 Å². The van der Waals surface area contributed by atoms with Crippen LogP contribution >= 0.6 is 0 Å². The van der Waals surface area contributed by atoms with Crippen molar-refractivity contribution in [1.82, 2.24) is 5.32 Å². The summed E-state index contributed by atoms with van der Waals surface area (Å²) in [5, 5.41) is 2.95. The minimum Gasteiger partial charge on any atom is -0.379 e. The smallest absolute Gasteiger partial charge is 0.232 e. The second-order valence-electron chi connectivity index (χ2n) is 5.09. The van der Waals surface area contributed by atoms with Crippen LogP contribution in [0, 0.1) is 19.3 Å². The van der Waals surface area contributed by atoms with Crippen molar-refractivity contribution in [2.24, 2.45) is 11.1 Å². The van der Waals surface area contributed by atoms with Gasteiger partial charge in [-0.15, -0.1) is 0 Å². The lowest BCUT2D eigenvalue weighted by molar-refractivity contribution is -0.159. The molecule has 1 aromatic carbocycles. The highest BCUT2D eigenvalue weighted by atomic mass is 16.5. The molecule has 1 saturated heterocycles. The highest BCUT2D eigenvalue weighted by Crippen LogP contribution is 2.26. The number of ether oxygens (including phenoxy) is 1. The SMILES string of the molecule is Cc1ccc(CNC(=O)C2(CN)COC2)c(C)c1. The highest BCUT2D eigenvalue weighted by molar-refractivity contribution is 5.84. The molecule has 1 heterocycles. The Labute approximate surface area is 108 Å². The van der Waals surface area contributed by atoms with Gasteiger partial charge in [0, 0.05) is 13.1 Å². The maximum Gasteiger partial charge on any atom is 0.232 e. The molecular weight excluding hydrogens is 228 g/mol. The number of carbonyl (C=O) groups excluding carboxylic acids is 1. The summed E-state index contributed by atoms with van der Waals surface area (Å²) in [4.78, 5) is 12.1. The van der Waals surface area contributed by atoms with E-state index < -0.39 is 5.41 Å². The number of nitrogens with one attached hydrogen (secondary N) is 1. The van der Waals surface area contributed by atoms with Crippen molar-refractivity contribution in [3.8, 4) is 0 Å². The van der Waals surface area contributed by atoms with Crippen LogP contribution in [0.25, 0.3) is 0 Å². The van der Waals surface area contributed by atoms with Crippen molar-refractivity contribution < 1.29 is 9.53 Å². The van der Waals surface area contributed by atoms with Gasteiger partial charge in [0.05, 0.1) is 13.2 Å². The van der Waals surface area contributed by atoms with Gasteiger partial charge in [-0.2, -0.15) is 0 Å². The van der Waals surface area contributed by atoms with Crippen LogP contribution in [0.1, 0.15) is 16.7 Å². The van der Waals surface area contributed by atoms with Crippen LogP contribution in [0.5, 0.6) is 0 Å². The van der Waals surface area contributed by atoms with Gasteiger partial charge in [0.25, 0.3) is 0 Å². The molecule has 0 spiro atoms. The summed E-state index contributed by atoms with van der Waals surface area (Å²) in [7, 11) is 0. The summed E-state index contributed by atoms with van der Waals surface area (Å²) < 4.78 is 5.10. The number of carbonyl (C=O) groups is 1. The summed E-state index contributed by atoms with van der Waals surface area (Å²) >= 11 is 0. The normalized spacial score (nSPS) is 17.1. The molecule has 1 fully saturated rings. The molecule has 1 aromatic rings. The van der Waals surface area contributed by atoms with Gasteiger partial charge in [-0.3, -0.25) is 4.79 Å². The zero-order valence-electron chi connectivity index (χ0n) is 11.0. The zero-order valence-corrected chi connectivity index (χ0v) is 11.0. The van der Waals surface area contributed by atoms with Gasteiger partial charge in [0.2, 0.25) is 5.91 Å². The predicted octanol–water partition coefficient (Wildman–Crippen LogP) is 0.895. The second-order valence-corrected chi connectivity index (χ2v) is 5.09.